The van der Waals surface area contributed by atoms with Crippen LogP contribution in [0.15, 0.2) is 30.3 Å². The van der Waals surface area contributed by atoms with Gasteiger partial charge in [0.15, 0.2) is 0 Å². The molecule has 98 valence electrons. The second-order valence-corrected chi connectivity index (χ2v) is 4.49. The van der Waals surface area contributed by atoms with Crippen molar-refractivity contribution in [2.75, 3.05) is 5.32 Å². The first-order chi connectivity index (χ1) is 9.04. The molecule has 0 spiro atoms. The van der Waals surface area contributed by atoms with Gasteiger partial charge >= 0.3 is 0 Å². The number of nitrogens with one attached hydrogen (secondary N) is 1. The van der Waals surface area contributed by atoms with E-state index in [1.54, 1.807) is 0 Å². The molecule has 1 aliphatic rings. The van der Waals surface area contributed by atoms with Gasteiger partial charge in [-0.2, -0.15) is 0 Å². The quantitative estimate of drug-likeness (QED) is 0.771. The summed E-state index contributed by atoms with van der Waals surface area (Å²) >= 11 is 0. The van der Waals surface area contributed by atoms with Crippen molar-refractivity contribution in [2.45, 2.75) is 12.5 Å². The Bertz CT molecular complexity index is 654. The van der Waals surface area contributed by atoms with Crippen molar-refractivity contribution in [3.05, 3.63) is 64.7 Å². The van der Waals surface area contributed by atoms with Crippen LogP contribution in [0.2, 0.25) is 0 Å². The van der Waals surface area contributed by atoms with Gasteiger partial charge in [-0.05, 0) is 24.1 Å². The van der Waals surface area contributed by atoms with E-state index in [1.165, 1.54) is 12.1 Å². The molecule has 0 aliphatic carbocycles. The highest BCUT2D eigenvalue weighted by molar-refractivity contribution is 5.59. The Hall–Kier alpha value is -2.04. The zero-order valence-electron chi connectivity index (χ0n) is 9.68. The molecule has 2 aromatic rings. The molecule has 1 atom stereocenters. The van der Waals surface area contributed by atoms with Crippen LogP contribution < -0.4 is 5.32 Å². The first kappa shape index (κ1) is 12.0. The maximum atomic E-state index is 13.7. The average Bonchev–Trinajstić information content (AvgIpc) is 2.72. The number of anilines is 1. The topological polar surface area (TPSA) is 12.0 Å². The second kappa shape index (κ2) is 4.26. The van der Waals surface area contributed by atoms with Crippen LogP contribution in [-0.2, 0) is 6.42 Å². The van der Waals surface area contributed by atoms with Crippen molar-refractivity contribution < 1.29 is 17.6 Å². The van der Waals surface area contributed by atoms with E-state index >= 15 is 0 Å². The minimum absolute atomic E-state index is 0.176. The summed E-state index contributed by atoms with van der Waals surface area (Å²) in [5, 5.41) is 2.80. The van der Waals surface area contributed by atoms with Crippen LogP contribution in [0.5, 0.6) is 0 Å². The molecule has 19 heavy (non-hydrogen) atoms. The van der Waals surface area contributed by atoms with Gasteiger partial charge in [0.2, 0.25) is 0 Å². The fourth-order valence-electron chi connectivity index (χ4n) is 2.37. The number of benzene rings is 2. The molecule has 0 amide bonds. The molecule has 0 saturated heterocycles. The molecule has 2 aromatic carbocycles. The molecule has 3 rings (SSSR count). The van der Waals surface area contributed by atoms with Crippen molar-refractivity contribution >= 4 is 5.69 Å². The molecular formula is C14H9F4N. The Kier molecular flexibility index (Phi) is 2.69. The van der Waals surface area contributed by atoms with Gasteiger partial charge in [0, 0.05) is 17.7 Å². The minimum atomic E-state index is -0.708. The van der Waals surface area contributed by atoms with Gasteiger partial charge in [-0.25, -0.2) is 17.6 Å². The first-order valence-corrected chi connectivity index (χ1v) is 5.74. The fraction of sp³-hybridized carbons (Fsp3) is 0.143. The molecule has 0 radical (unpaired) electrons. The van der Waals surface area contributed by atoms with Crippen LogP contribution in [0.4, 0.5) is 23.2 Å². The molecular weight excluding hydrogens is 258 g/mol. The maximum absolute atomic E-state index is 13.7. The fourth-order valence-corrected chi connectivity index (χ4v) is 2.37. The Balaban J connectivity index is 1.97. The lowest BCUT2D eigenvalue weighted by Gasteiger charge is -2.12. The summed E-state index contributed by atoms with van der Waals surface area (Å²) in [7, 11) is 0. The van der Waals surface area contributed by atoms with Gasteiger partial charge in [0.25, 0.3) is 0 Å². The number of rotatable bonds is 1. The Morgan fingerprint density at radius 3 is 2.37 bits per heavy atom. The number of hydrogen-bond acceptors (Lipinski definition) is 1. The summed E-state index contributed by atoms with van der Waals surface area (Å²) in [4.78, 5) is 0. The SMILES string of the molecule is Fc1ccc(C2Cc3cc(F)cc(F)c3N2)c(F)c1. The Morgan fingerprint density at radius 1 is 0.895 bits per heavy atom. The summed E-state index contributed by atoms with van der Waals surface area (Å²) in [6, 6.07) is 4.69. The number of fused-ring (bicyclic) bond motifs is 1. The summed E-state index contributed by atoms with van der Waals surface area (Å²) in [6.07, 6.45) is 0.257. The van der Waals surface area contributed by atoms with Crippen molar-refractivity contribution in [1.29, 1.82) is 0 Å². The third kappa shape index (κ3) is 2.05. The number of halogens is 4. The molecule has 0 fully saturated rings. The highest BCUT2D eigenvalue weighted by atomic mass is 19.1. The summed E-state index contributed by atoms with van der Waals surface area (Å²) in [5.41, 5.74) is 0.860. The van der Waals surface area contributed by atoms with E-state index in [4.69, 9.17) is 0 Å². The smallest absolute Gasteiger partial charge is 0.149 e. The maximum Gasteiger partial charge on any atom is 0.149 e. The third-order valence-electron chi connectivity index (χ3n) is 3.22. The molecule has 1 N–H and O–H groups in total. The Morgan fingerprint density at radius 2 is 1.63 bits per heavy atom. The third-order valence-corrected chi connectivity index (χ3v) is 3.22. The van der Waals surface area contributed by atoms with Gasteiger partial charge in [0.05, 0.1) is 11.7 Å². The van der Waals surface area contributed by atoms with E-state index in [1.807, 2.05) is 0 Å². The van der Waals surface area contributed by atoms with Crippen LogP contribution in [0.25, 0.3) is 0 Å². The zero-order chi connectivity index (χ0) is 13.6. The minimum Gasteiger partial charge on any atom is -0.375 e. The summed E-state index contributed by atoms with van der Waals surface area (Å²) in [5.74, 6) is -2.75. The monoisotopic (exact) mass is 267 g/mol. The highest BCUT2D eigenvalue weighted by Gasteiger charge is 2.27. The molecule has 1 nitrogen and oxygen atoms in total. The highest BCUT2D eigenvalue weighted by Crippen LogP contribution is 2.37. The van der Waals surface area contributed by atoms with Gasteiger partial charge in [0.1, 0.15) is 23.3 Å². The van der Waals surface area contributed by atoms with Gasteiger partial charge in [-0.15, -0.1) is 0 Å². The van der Waals surface area contributed by atoms with E-state index in [9.17, 15) is 17.6 Å². The summed E-state index contributed by atoms with van der Waals surface area (Å²) in [6.45, 7) is 0. The lowest BCUT2D eigenvalue weighted by molar-refractivity contribution is 0.563. The van der Waals surface area contributed by atoms with Gasteiger partial charge in [-0.3, -0.25) is 0 Å². The molecule has 1 unspecified atom stereocenters. The predicted molar refractivity (Wildman–Crippen MR) is 62.8 cm³/mol. The molecule has 5 heteroatoms. The first-order valence-electron chi connectivity index (χ1n) is 5.74. The van der Waals surface area contributed by atoms with E-state index < -0.39 is 29.3 Å². The van der Waals surface area contributed by atoms with E-state index in [2.05, 4.69) is 5.32 Å². The summed E-state index contributed by atoms with van der Waals surface area (Å²) < 4.78 is 53.1. The molecule has 0 bridgehead atoms. The van der Waals surface area contributed by atoms with Gasteiger partial charge in [-0.1, -0.05) is 6.07 Å². The Labute approximate surface area is 106 Å². The van der Waals surface area contributed by atoms with Crippen LogP contribution in [0, 0.1) is 23.3 Å². The zero-order valence-corrected chi connectivity index (χ0v) is 9.68. The normalized spacial score (nSPS) is 17.2. The van der Waals surface area contributed by atoms with Crippen molar-refractivity contribution in [3.8, 4) is 0 Å². The lowest BCUT2D eigenvalue weighted by atomic mass is 10.0. The van der Waals surface area contributed by atoms with Crippen molar-refractivity contribution in [2.24, 2.45) is 0 Å². The van der Waals surface area contributed by atoms with Crippen LogP contribution in [-0.4, -0.2) is 0 Å². The molecule has 1 aliphatic heterocycles. The molecule has 1 heterocycles. The van der Waals surface area contributed by atoms with Crippen LogP contribution in [0.1, 0.15) is 17.2 Å². The van der Waals surface area contributed by atoms with Crippen molar-refractivity contribution in [3.63, 3.8) is 0 Å². The number of hydrogen-bond donors (Lipinski definition) is 1. The van der Waals surface area contributed by atoms with Crippen LogP contribution in [0.3, 0.4) is 0 Å². The second-order valence-electron chi connectivity index (χ2n) is 4.49. The molecule has 0 saturated carbocycles. The van der Waals surface area contributed by atoms with Crippen molar-refractivity contribution in [1.82, 2.24) is 0 Å². The van der Waals surface area contributed by atoms with E-state index in [0.29, 0.717) is 5.56 Å². The van der Waals surface area contributed by atoms with E-state index in [-0.39, 0.29) is 17.7 Å². The van der Waals surface area contributed by atoms with E-state index in [0.717, 1.165) is 18.2 Å². The lowest BCUT2D eigenvalue weighted by Crippen LogP contribution is -2.08. The van der Waals surface area contributed by atoms with Gasteiger partial charge < -0.3 is 5.32 Å². The standard InChI is InChI=1S/C14H9F4N/c15-8-1-2-10(11(17)5-8)13-4-7-3-9(16)6-12(18)14(7)19-13/h1-3,5-6,13,19H,4H2. The van der Waals surface area contributed by atoms with Crippen LogP contribution >= 0.6 is 0 Å². The average molecular weight is 267 g/mol. The molecule has 0 aromatic heterocycles. The predicted octanol–water partition coefficient (Wildman–Crippen LogP) is 3.95. The largest absolute Gasteiger partial charge is 0.375 e.